The smallest absolute Gasteiger partial charge is 0.0596 e. The molecule has 19 heavy (non-hydrogen) atoms. The van der Waals surface area contributed by atoms with Gasteiger partial charge in [0.15, 0.2) is 0 Å². The molecule has 0 unspecified atom stereocenters. The molecule has 108 valence electrons. The maximum atomic E-state index is 5.57. The summed E-state index contributed by atoms with van der Waals surface area (Å²) in [5, 5.41) is 3.16. The number of benzene rings is 1. The minimum absolute atomic E-state index is 0.306. The van der Waals surface area contributed by atoms with Gasteiger partial charge in [0, 0.05) is 24.1 Å². The van der Waals surface area contributed by atoms with Gasteiger partial charge in [-0.25, -0.2) is 0 Å². The summed E-state index contributed by atoms with van der Waals surface area (Å²) in [6, 6.07) is 6.55. The SMILES string of the molecule is CNCc1ccc(CN(C)CCOC(C)C)c(Br)c1. The maximum absolute atomic E-state index is 5.57. The van der Waals surface area contributed by atoms with Crippen LogP contribution in [0.25, 0.3) is 0 Å². The van der Waals surface area contributed by atoms with Crippen LogP contribution in [0.1, 0.15) is 25.0 Å². The molecule has 0 amide bonds. The molecule has 0 heterocycles. The molecule has 0 spiro atoms. The second-order valence-corrected chi connectivity index (χ2v) is 5.97. The van der Waals surface area contributed by atoms with Gasteiger partial charge >= 0.3 is 0 Å². The lowest BCUT2D eigenvalue weighted by Gasteiger charge is -2.19. The molecule has 0 saturated heterocycles. The number of halogens is 1. The summed E-state index contributed by atoms with van der Waals surface area (Å²) >= 11 is 3.65. The van der Waals surface area contributed by atoms with E-state index in [-0.39, 0.29) is 0 Å². The summed E-state index contributed by atoms with van der Waals surface area (Å²) in [5.74, 6) is 0. The minimum Gasteiger partial charge on any atom is -0.377 e. The third-order valence-corrected chi connectivity index (χ3v) is 3.60. The number of ether oxygens (including phenoxy) is 1. The van der Waals surface area contributed by atoms with Crippen LogP contribution in [0.4, 0.5) is 0 Å². The number of hydrogen-bond donors (Lipinski definition) is 1. The number of nitrogens with zero attached hydrogens (tertiary/aromatic N) is 1. The molecule has 0 aliphatic rings. The van der Waals surface area contributed by atoms with E-state index in [0.717, 1.165) is 26.2 Å². The van der Waals surface area contributed by atoms with Gasteiger partial charge in [-0.3, -0.25) is 4.90 Å². The first kappa shape index (κ1) is 16.6. The van der Waals surface area contributed by atoms with E-state index in [9.17, 15) is 0 Å². The number of likely N-dealkylation sites (N-methyl/N-ethyl adjacent to an activating group) is 1. The number of rotatable bonds is 8. The Balaban J connectivity index is 2.47. The van der Waals surface area contributed by atoms with Crippen LogP contribution in [-0.2, 0) is 17.8 Å². The quantitative estimate of drug-likeness (QED) is 0.793. The Labute approximate surface area is 125 Å². The number of nitrogens with one attached hydrogen (secondary N) is 1. The standard InChI is InChI=1S/C15H25BrN2O/c1-12(2)19-8-7-18(4)11-14-6-5-13(10-17-3)9-15(14)16/h5-6,9,12,17H,7-8,10-11H2,1-4H3. The van der Waals surface area contributed by atoms with Gasteiger partial charge in [-0.05, 0) is 45.1 Å². The van der Waals surface area contributed by atoms with Crippen molar-refractivity contribution in [3.63, 3.8) is 0 Å². The van der Waals surface area contributed by atoms with Crippen molar-refractivity contribution in [1.82, 2.24) is 10.2 Å². The predicted molar refractivity (Wildman–Crippen MR) is 84.3 cm³/mol. The summed E-state index contributed by atoms with van der Waals surface area (Å²) in [7, 11) is 4.09. The van der Waals surface area contributed by atoms with Gasteiger partial charge < -0.3 is 10.1 Å². The van der Waals surface area contributed by atoms with E-state index >= 15 is 0 Å². The van der Waals surface area contributed by atoms with Crippen molar-refractivity contribution in [2.24, 2.45) is 0 Å². The van der Waals surface area contributed by atoms with Crippen LogP contribution in [0.3, 0.4) is 0 Å². The lowest BCUT2D eigenvalue weighted by molar-refractivity contribution is 0.0627. The summed E-state index contributed by atoms with van der Waals surface area (Å²) in [5.41, 5.74) is 2.61. The van der Waals surface area contributed by atoms with Crippen LogP contribution in [0, 0.1) is 0 Å². The van der Waals surface area contributed by atoms with E-state index < -0.39 is 0 Å². The highest BCUT2D eigenvalue weighted by Gasteiger charge is 2.05. The molecule has 1 N–H and O–H groups in total. The molecular weight excluding hydrogens is 304 g/mol. The third kappa shape index (κ3) is 6.52. The van der Waals surface area contributed by atoms with Gasteiger partial charge in [0.25, 0.3) is 0 Å². The molecule has 1 rings (SSSR count). The molecule has 0 aliphatic heterocycles. The first-order chi connectivity index (χ1) is 9.02. The highest BCUT2D eigenvalue weighted by molar-refractivity contribution is 9.10. The van der Waals surface area contributed by atoms with Crippen LogP contribution in [-0.4, -0.2) is 38.3 Å². The maximum Gasteiger partial charge on any atom is 0.0596 e. The zero-order chi connectivity index (χ0) is 14.3. The molecule has 0 aliphatic carbocycles. The molecule has 4 heteroatoms. The third-order valence-electron chi connectivity index (χ3n) is 2.86. The van der Waals surface area contributed by atoms with Crippen molar-refractivity contribution in [2.45, 2.75) is 33.0 Å². The Morgan fingerprint density at radius 1 is 1.37 bits per heavy atom. The summed E-state index contributed by atoms with van der Waals surface area (Å²) < 4.78 is 6.75. The van der Waals surface area contributed by atoms with Crippen molar-refractivity contribution < 1.29 is 4.74 Å². The van der Waals surface area contributed by atoms with Crippen molar-refractivity contribution in [1.29, 1.82) is 0 Å². The lowest BCUT2D eigenvalue weighted by atomic mass is 10.1. The van der Waals surface area contributed by atoms with Crippen LogP contribution >= 0.6 is 15.9 Å². The highest BCUT2D eigenvalue weighted by atomic mass is 79.9. The Bertz CT molecular complexity index is 382. The Hall–Kier alpha value is -0.420. The van der Waals surface area contributed by atoms with Crippen LogP contribution in [0.2, 0.25) is 0 Å². The first-order valence-corrected chi connectivity index (χ1v) is 7.54. The zero-order valence-corrected chi connectivity index (χ0v) is 14.0. The van der Waals surface area contributed by atoms with Crippen molar-refractivity contribution >= 4 is 15.9 Å². The average Bonchev–Trinajstić information content (AvgIpc) is 2.32. The first-order valence-electron chi connectivity index (χ1n) is 6.75. The second kappa shape index (κ2) is 8.69. The molecule has 0 aromatic heterocycles. The van der Waals surface area contributed by atoms with Crippen LogP contribution < -0.4 is 5.32 Å². The Morgan fingerprint density at radius 2 is 2.11 bits per heavy atom. The Kier molecular flexibility index (Phi) is 7.61. The summed E-state index contributed by atoms with van der Waals surface area (Å²) in [6.45, 7) is 7.69. The molecule has 1 aromatic carbocycles. The monoisotopic (exact) mass is 328 g/mol. The highest BCUT2D eigenvalue weighted by Crippen LogP contribution is 2.20. The van der Waals surface area contributed by atoms with Gasteiger partial charge in [0.2, 0.25) is 0 Å². The van der Waals surface area contributed by atoms with Crippen molar-refractivity contribution in [2.75, 3.05) is 27.2 Å². The summed E-state index contributed by atoms with van der Waals surface area (Å²) in [4.78, 5) is 2.28. The van der Waals surface area contributed by atoms with E-state index in [1.165, 1.54) is 15.6 Å². The lowest BCUT2D eigenvalue weighted by Crippen LogP contribution is -2.24. The molecule has 0 radical (unpaired) electrons. The average molecular weight is 329 g/mol. The van der Waals surface area contributed by atoms with Crippen LogP contribution in [0.15, 0.2) is 22.7 Å². The van der Waals surface area contributed by atoms with Gasteiger partial charge in [-0.2, -0.15) is 0 Å². The predicted octanol–water partition coefficient (Wildman–Crippen LogP) is 3.03. The molecule has 0 atom stereocenters. The normalized spacial score (nSPS) is 11.5. The van der Waals surface area contributed by atoms with Gasteiger partial charge in [-0.1, -0.05) is 28.1 Å². The number of hydrogen-bond acceptors (Lipinski definition) is 3. The molecule has 3 nitrogen and oxygen atoms in total. The fourth-order valence-electron chi connectivity index (χ4n) is 1.85. The molecular formula is C15H25BrN2O. The van der Waals surface area contributed by atoms with E-state index in [0.29, 0.717) is 6.10 Å². The van der Waals surface area contributed by atoms with Gasteiger partial charge in [0.1, 0.15) is 0 Å². The largest absolute Gasteiger partial charge is 0.377 e. The van der Waals surface area contributed by atoms with E-state index in [1.807, 2.05) is 7.05 Å². The van der Waals surface area contributed by atoms with Crippen molar-refractivity contribution in [3.05, 3.63) is 33.8 Å². The second-order valence-electron chi connectivity index (χ2n) is 5.11. The molecule has 0 fully saturated rings. The minimum atomic E-state index is 0.306. The zero-order valence-electron chi connectivity index (χ0n) is 12.4. The molecule has 0 saturated carbocycles. The summed E-state index contributed by atoms with van der Waals surface area (Å²) in [6.07, 6.45) is 0.306. The van der Waals surface area contributed by atoms with E-state index in [2.05, 4.69) is 65.2 Å². The van der Waals surface area contributed by atoms with Gasteiger partial charge in [-0.15, -0.1) is 0 Å². The molecule has 1 aromatic rings. The van der Waals surface area contributed by atoms with Crippen LogP contribution in [0.5, 0.6) is 0 Å². The van der Waals surface area contributed by atoms with Crippen molar-refractivity contribution in [3.8, 4) is 0 Å². The fraction of sp³-hybridized carbons (Fsp3) is 0.600. The topological polar surface area (TPSA) is 24.5 Å². The van der Waals surface area contributed by atoms with E-state index in [1.54, 1.807) is 0 Å². The van der Waals surface area contributed by atoms with E-state index in [4.69, 9.17) is 4.74 Å². The molecule has 0 bridgehead atoms. The Morgan fingerprint density at radius 3 is 2.68 bits per heavy atom. The van der Waals surface area contributed by atoms with Gasteiger partial charge in [0.05, 0.1) is 12.7 Å². The fourth-order valence-corrected chi connectivity index (χ4v) is 2.40.